The zero-order valence-corrected chi connectivity index (χ0v) is 13.2. The minimum Gasteiger partial charge on any atom is -0.394 e. The lowest BCUT2D eigenvalue weighted by molar-refractivity contribution is 0.208. The number of aliphatic hydroxyl groups is 2. The Bertz CT molecular complexity index is 599. The second kappa shape index (κ2) is 7.26. The van der Waals surface area contributed by atoms with Gasteiger partial charge in [0.25, 0.3) is 0 Å². The van der Waals surface area contributed by atoms with Crippen molar-refractivity contribution in [2.24, 2.45) is 5.92 Å². The molecule has 0 bridgehead atoms. The molecule has 0 unspecified atom stereocenters. The van der Waals surface area contributed by atoms with Crippen molar-refractivity contribution in [3.05, 3.63) is 47.5 Å². The molecule has 0 radical (unpaired) electrons. The van der Waals surface area contributed by atoms with Crippen LogP contribution in [-0.2, 0) is 12.3 Å². The summed E-state index contributed by atoms with van der Waals surface area (Å²) in [5, 5.41) is 24.0. The molecule has 1 atom stereocenters. The Morgan fingerprint density at radius 1 is 1.27 bits per heavy atom. The quantitative estimate of drug-likeness (QED) is 0.779. The summed E-state index contributed by atoms with van der Waals surface area (Å²) in [7, 11) is 0. The molecular weight excluding hydrogens is 298 g/mol. The number of hydrogen-bond acceptors (Lipinski definition) is 5. The number of nitrogens with zero attached hydrogens (tertiary/aromatic N) is 3. The lowest BCUT2D eigenvalue weighted by Crippen LogP contribution is -2.09. The molecule has 2 aromatic rings. The minimum atomic E-state index is -0.826. The Balaban J connectivity index is 1.72. The van der Waals surface area contributed by atoms with Gasteiger partial charge in [-0.3, -0.25) is 0 Å². The van der Waals surface area contributed by atoms with E-state index in [1.54, 1.807) is 4.68 Å². The van der Waals surface area contributed by atoms with E-state index >= 15 is 0 Å². The number of benzene rings is 1. The lowest BCUT2D eigenvalue weighted by atomic mass is 10.1. The molecule has 3 rings (SSSR count). The smallest absolute Gasteiger partial charge is 0.184 e. The van der Waals surface area contributed by atoms with E-state index in [0.717, 1.165) is 28.8 Å². The lowest BCUT2D eigenvalue weighted by Gasteiger charge is -2.05. The van der Waals surface area contributed by atoms with E-state index in [1.807, 2.05) is 42.1 Å². The van der Waals surface area contributed by atoms with Gasteiger partial charge in [-0.1, -0.05) is 30.3 Å². The number of rotatable bonds is 8. The molecule has 0 spiro atoms. The van der Waals surface area contributed by atoms with Crippen LogP contribution >= 0.6 is 11.8 Å². The predicted molar refractivity (Wildman–Crippen MR) is 86.5 cm³/mol. The van der Waals surface area contributed by atoms with Crippen molar-refractivity contribution in [2.75, 3.05) is 12.4 Å². The first kappa shape index (κ1) is 15.5. The van der Waals surface area contributed by atoms with Crippen LogP contribution in [-0.4, -0.2) is 37.3 Å². The Morgan fingerprint density at radius 3 is 2.73 bits per heavy atom. The van der Waals surface area contributed by atoms with Crippen LogP contribution in [0, 0.1) is 5.92 Å². The number of aromatic nitrogens is 3. The highest BCUT2D eigenvalue weighted by Gasteiger charge is 2.22. The van der Waals surface area contributed by atoms with E-state index in [4.69, 9.17) is 0 Å². The van der Waals surface area contributed by atoms with Gasteiger partial charge in [0.1, 0.15) is 11.9 Å². The van der Waals surface area contributed by atoms with Gasteiger partial charge in [-0.15, -0.1) is 0 Å². The van der Waals surface area contributed by atoms with Crippen molar-refractivity contribution >= 4 is 11.8 Å². The van der Waals surface area contributed by atoms with E-state index in [1.165, 1.54) is 12.8 Å². The molecule has 1 aromatic carbocycles. The molecule has 22 heavy (non-hydrogen) atoms. The summed E-state index contributed by atoms with van der Waals surface area (Å²) in [5.41, 5.74) is 0.779. The molecule has 118 valence electrons. The van der Waals surface area contributed by atoms with Crippen molar-refractivity contribution in [2.45, 2.75) is 31.2 Å². The third kappa shape index (κ3) is 3.88. The van der Waals surface area contributed by atoms with Crippen LogP contribution in [0.3, 0.4) is 0 Å². The Labute approximate surface area is 134 Å². The molecule has 2 N–H and O–H groups in total. The fourth-order valence-corrected chi connectivity index (χ4v) is 3.46. The van der Waals surface area contributed by atoms with Gasteiger partial charge in [0.05, 0.1) is 18.9 Å². The second-order valence-corrected chi connectivity index (χ2v) is 6.63. The summed E-state index contributed by atoms with van der Waals surface area (Å²) in [6.45, 7) is 0.429. The summed E-state index contributed by atoms with van der Waals surface area (Å²) in [6, 6.07) is 9.40. The first-order chi connectivity index (χ1) is 10.8. The molecule has 5 nitrogen and oxygen atoms in total. The maximum Gasteiger partial charge on any atom is 0.184 e. The van der Waals surface area contributed by atoms with E-state index in [-0.39, 0.29) is 6.61 Å². The first-order valence-corrected chi connectivity index (χ1v) is 8.78. The molecular formula is C16H21N3O2S. The predicted octanol–water partition coefficient (Wildman–Crippen LogP) is 2.00. The topological polar surface area (TPSA) is 71.2 Å². The highest BCUT2D eigenvalue weighted by Crippen LogP contribution is 2.33. The van der Waals surface area contributed by atoms with Crippen LogP contribution in [0.2, 0.25) is 0 Å². The number of hydrogen-bond donors (Lipinski definition) is 2. The average molecular weight is 319 g/mol. The summed E-state index contributed by atoms with van der Waals surface area (Å²) < 4.78 is 1.71. The van der Waals surface area contributed by atoms with Gasteiger partial charge >= 0.3 is 0 Å². The van der Waals surface area contributed by atoms with Crippen molar-refractivity contribution < 1.29 is 10.2 Å². The van der Waals surface area contributed by atoms with Crippen molar-refractivity contribution in [3.63, 3.8) is 0 Å². The van der Waals surface area contributed by atoms with Crippen molar-refractivity contribution in [3.8, 4) is 0 Å². The van der Waals surface area contributed by atoms with Gasteiger partial charge in [-0.2, -0.15) is 16.9 Å². The summed E-state index contributed by atoms with van der Waals surface area (Å²) in [5.74, 6) is 4.02. The zero-order chi connectivity index (χ0) is 15.4. The fourth-order valence-electron chi connectivity index (χ4n) is 2.28. The van der Waals surface area contributed by atoms with E-state index in [9.17, 15) is 10.2 Å². The second-order valence-electron chi connectivity index (χ2n) is 5.60. The van der Waals surface area contributed by atoms with Gasteiger partial charge in [-0.05, 0) is 30.1 Å². The number of aliphatic hydroxyl groups excluding tert-OH is 2. The van der Waals surface area contributed by atoms with Gasteiger partial charge in [0.2, 0.25) is 0 Å². The average Bonchev–Trinajstić information content (AvgIpc) is 3.29. The van der Waals surface area contributed by atoms with Crippen LogP contribution in [0.25, 0.3) is 0 Å². The van der Waals surface area contributed by atoms with E-state index in [0.29, 0.717) is 12.4 Å². The Hall–Kier alpha value is -1.37. The van der Waals surface area contributed by atoms with Crippen LogP contribution < -0.4 is 0 Å². The summed E-state index contributed by atoms with van der Waals surface area (Å²) in [6.07, 6.45) is 1.86. The van der Waals surface area contributed by atoms with Crippen LogP contribution in [0.15, 0.2) is 30.3 Å². The molecule has 0 saturated heterocycles. The van der Waals surface area contributed by atoms with Crippen molar-refractivity contribution in [1.82, 2.24) is 14.8 Å². The van der Waals surface area contributed by atoms with Crippen LogP contribution in [0.5, 0.6) is 0 Å². The third-order valence-electron chi connectivity index (χ3n) is 3.72. The molecule has 1 aliphatic carbocycles. The standard InChI is InChI=1S/C16H21N3O2S/c20-9-8-19-14(11-22-10-12-6-7-12)17-16(18-19)15(21)13-4-2-1-3-5-13/h1-5,12,15,20-21H,6-11H2/t15-/m0/s1. The molecule has 1 aliphatic rings. The maximum absolute atomic E-state index is 10.4. The monoisotopic (exact) mass is 319 g/mol. The minimum absolute atomic E-state index is 0.0184. The largest absolute Gasteiger partial charge is 0.394 e. The highest BCUT2D eigenvalue weighted by atomic mass is 32.2. The molecule has 1 saturated carbocycles. The summed E-state index contributed by atoms with van der Waals surface area (Å²) in [4.78, 5) is 4.49. The van der Waals surface area contributed by atoms with Gasteiger partial charge in [-0.25, -0.2) is 9.67 Å². The van der Waals surface area contributed by atoms with E-state index < -0.39 is 6.10 Å². The molecule has 0 aliphatic heterocycles. The zero-order valence-electron chi connectivity index (χ0n) is 12.4. The molecule has 6 heteroatoms. The van der Waals surface area contributed by atoms with Gasteiger partial charge < -0.3 is 10.2 Å². The SMILES string of the molecule is OCCn1nc([C@@H](O)c2ccccc2)nc1CSCC1CC1. The van der Waals surface area contributed by atoms with Crippen LogP contribution in [0.1, 0.15) is 36.2 Å². The molecule has 1 fully saturated rings. The maximum atomic E-state index is 10.4. The van der Waals surface area contributed by atoms with Crippen molar-refractivity contribution in [1.29, 1.82) is 0 Å². The number of thioether (sulfide) groups is 1. The van der Waals surface area contributed by atoms with Gasteiger partial charge in [0.15, 0.2) is 5.82 Å². The molecule has 1 heterocycles. The Morgan fingerprint density at radius 2 is 2.05 bits per heavy atom. The van der Waals surface area contributed by atoms with E-state index in [2.05, 4.69) is 10.1 Å². The third-order valence-corrected chi connectivity index (χ3v) is 4.89. The fraction of sp³-hybridized carbons (Fsp3) is 0.500. The van der Waals surface area contributed by atoms with Gasteiger partial charge in [0, 0.05) is 0 Å². The molecule has 1 aromatic heterocycles. The Kier molecular flexibility index (Phi) is 5.12. The van der Waals surface area contributed by atoms with Crippen LogP contribution in [0.4, 0.5) is 0 Å². The molecule has 0 amide bonds. The normalized spacial score (nSPS) is 15.9. The first-order valence-electron chi connectivity index (χ1n) is 7.63. The summed E-state index contributed by atoms with van der Waals surface area (Å²) >= 11 is 1.85. The highest BCUT2D eigenvalue weighted by molar-refractivity contribution is 7.98.